The van der Waals surface area contributed by atoms with Crippen molar-refractivity contribution in [3.63, 3.8) is 0 Å². The van der Waals surface area contributed by atoms with Crippen molar-refractivity contribution in [1.29, 1.82) is 0 Å². The highest BCUT2D eigenvalue weighted by atomic mass is 32.1. The maximum absolute atomic E-state index is 4.79. The van der Waals surface area contributed by atoms with E-state index in [9.17, 15) is 0 Å². The second-order valence-corrected chi connectivity index (χ2v) is 7.89. The Morgan fingerprint density at radius 1 is 1.33 bits per heavy atom. The van der Waals surface area contributed by atoms with Gasteiger partial charge in [0.05, 0.1) is 10.7 Å². The zero-order valence-electron chi connectivity index (χ0n) is 15.7. The van der Waals surface area contributed by atoms with E-state index >= 15 is 0 Å². The van der Waals surface area contributed by atoms with Gasteiger partial charge in [-0.3, -0.25) is 4.99 Å². The molecule has 0 aliphatic carbocycles. The highest BCUT2D eigenvalue weighted by Gasteiger charge is 2.21. The van der Waals surface area contributed by atoms with Crippen LogP contribution in [0.25, 0.3) is 0 Å². The molecule has 136 valence electrons. The summed E-state index contributed by atoms with van der Waals surface area (Å²) in [7, 11) is 0. The minimum absolute atomic E-state index is 0.705. The van der Waals surface area contributed by atoms with E-state index in [2.05, 4.69) is 48.2 Å². The van der Waals surface area contributed by atoms with E-state index in [0.29, 0.717) is 5.92 Å². The van der Waals surface area contributed by atoms with Crippen molar-refractivity contribution in [2.45, 2.75) is 47.0 Å². The molecule has 1 saturated heterocycles. The highest BCUT2D eigenvalue weighted by Crippen LogP contribution is 2.17. The van der Waals surface area contributed by atoms with Crippen LogP contribution in [0, 0.1) is 19.8 Å². The molecule has 24 heavy (non-hydrogen) atoms. The van der Waals surface area contributed by atoms with Gasteiger partial charge in [0.15, 0.2) is 5.96 Å². The van der Waals surface area contributed by atoms with Crippen LogP contribution in [0.4, 0.5) is 0 Å². The molecule has 1 atom stereocenters. The molecule has 0 amide bonds. The molecular weight excluding hydrogens is 318 g/mol. The molecule has 2 rings (SSSR count). The Balaban J connectivity index is 1.76. The Labute approximate surface area is 151 Å². The minimum Gasteiger partial charge on any atom is -0.357 e. The summed E-state index contributed by atoms with van der Waals surface area (Å²) in [6.45, 7) is 15.0. The van der Waals surface area contributed by atoms with E-state index < -0.39 is 0 Å². The van der Waals surface area contributed by atoms with E-state index in [1.165, 1.54) is 42.4 Å². The predicted molar refractivity (Wildman–Crippen MR) is 104 cm³/mol. The largest absolute Gasteiger partial charge is 0.357 e. The first-order valence-electron chi connectivity index (χ1n) is 9.29. The molecule has 1 aromatic heterocycles. The predicted octanol–water partition coefficient (Wildman–Crippen LogP) is 2.59. The van der Waals surface area contributed by atoms with Gasteiger partial charge in [0.2, 0.25) is 0 Å². The van der Waals surface area contributed by atoms with Crippen molar-refractivity contribution in [2.24, 2.45) is 10.9 Å². The van der Waals surface area contributed by atoms with Gasteiger partial charge in [0.25, 0.3) is 0 Å². The smallest absolute Gasteiger partial charge is 0.191 e. The fourth-order valence-electron chi connectivity index (χ4n) is 3.08. The molecule has 0 saturated carbocycles. The molecule has 1 unspecified atom stereocenters. The number of nitrogens with one attached hydrogen (secondary N) is 2. The van der Waals surface area contributed by atoms with E-state index in [-0.39, 0.29) is 0 Å². The Morgan fingerprint density at radius 2 is 2.17 bits per heavy atom. The van der Waals surface area contributed by atoms with E-state index in [4.69, 9.17) is 4.99 Å². The summed E-state index contributed by atoms with van der Waals surface area (Å²) < 4.78 is 0. The van der Waals surface area contributed by atoms with Gasteiger partial charge >= 0.3 is 0 Å². The van der Waals surface area contributed by atoms with Crippen molar-refractivity contribution in [2.75, 3.05) is 39.3 Å². The molecule has 0 spiro atoms. The summed E-state index contributed by atoms with van der Waals surface area (Å²) in [5, 5.41) is 8.01. The third-order valence-electron chi connectivity index (χ3n) is 4.47. The van der Waals surface area contributed by atoms with Crippen molar-refractivity contribution < 1.29 is 0 Å². The van der Waals surface area contributed by atoms with Crippen molar-refractivity contribution in [3.05, 3.63) is 15.6 Å². The van der Waals surface area contributed by atoms with Gasteiger partial charge in [-0.25, -0.2) is 4.98 Å². The van der Waals surface area contributed by atoms with Crippen LogP contribution < -0.4 is 10.6 Å². The molecule has 0 aromatic carbocycles. The third kappa shape index (κ3) is 6.06. The first kappa shape index (κ1) is 19.2. The van der Waals surface area contributed by atoms with Crippen LogP contribution in [0.5, 0.6) is 0 Å². The number of hydrogen-bond acceptors (Lipinski definition) is 4. The van der Waals surface area contributed by atoms with Crippen LogP contribution in [0.1, 0.15) is 42.3 Å². The maximum Gasteiger partial charge on any atom is 0.191 e. The van der Waals surface area contributed by atoms with Gasteiger partial charge in [-0.2, -0.15) is 0 Å². The fraction of sp³-hybridized carbons (Fsp3) is 0.778. The lowest BCUT2D eigenvalue weighted by atomic mass is 10.1. The summed E-state index contributed by atoms with van der Waals surface area (Å²) >= 11 is 1.80. The number of nitrogens with zero attached hydrogens (tertiary/aromatic N) is 3. The van der Waals surface area contributed by atoms with Gasteiger partial charge in [-0.1, -0.05) is 6.92 Å². The molecule has 2 heterocycles. The van der Waals surface area contributed by atoms with Crippen LogP contribution in [-0.2, 0) is 6.42 Å². The van der Waals surface area contributed by atoms with E-state index in [0.717, 1.165) is 37.7 Å². The lowest BCUT2D eigenvalue weighted by molar-refractivity contribution is 0.326. The van der Waals surface area contributed by atoms with Gasteiger partial charge in [-0.15, -0.1) is 11.3 Å². The minimum atomic E-state index is 0.705. The topological polar surface area (TPSA) is 52.5 Å². The highest BCUT2D eigenvalue weighted by molar-refractivity contribution is 7.11. The Morgan fingerprint density at radius 3 is 2.83 bits per heavy atom. The molecule has 1 fully saturated rings. The third-order valence-corrected chi connectivity index (χ3v) is 5.60. The number of aryl methyl sites for hydroxylation is 2. The quantitative estimate of drug-likeness (QED) is 0.558. The Bertz CT molecular complexity index is 506. The molecular formula is C18H33N5S. The molecule has 1 aromatic rings. The van der Waals surface area contributed by atoms with Crippen LogP contribution in [-0.4, -0.2) is 55.1 Å². The number of likely N-dealkylation sites (tertiary alicyclic amines) is 1. The van der Waals surface area contributed by atoms with Gasteiger partial charge in [0.1, 0.15) is 0 Å². The zero-order valence-corrected chi connectivity index (χ0v) is 16.5. The second-order valence-electron chi connectivity index (χ2n) is 6.60. The lowest BCUT2D eigenvalue weighted by Crippen LogP contribution is -2.38. The summed E-state index contributed by atoms with van der Waals surface area (Å²) in [6, 6.07) is 0. The van der Waals surface area contributed by atoms with Crippen molar-refractivity contribution in [1.82, 2.24) is 20.5 Å². The Kier molecular flexibility index (Phi) is 7.99. The van der Waals surface area contributed by atoms with Crippen molar-refractivity contribution >= 4 is 17.3 Å². The number of thiazole rings is 1. The summed E-state index contributed by atoms with van der Waals surface area (Å²) in [4.78, 5) is 13.3. The van der Waals surface area contributed by atoms with E-state index in [1.807, 2.05) is 0 Å². The number of guanidine groups is 1. The second kappa shape index (κ2) is 9.99. The average molecular weight is 352 g/mol. The summed E-state index contributed by atoms with van der Waals surface area (Å²) in [5.74, 6) is 1.65. The van der Waals surface area contributed by atoms with Gasteiger partial charge < -0.3 is 15.5 Å². The number of aliphatic imine (C=N–C) groups is 1. The molecule has 1 aliphatic rings. The van der Waals surface area contributed by atoms with Crippen molar-refractivity contribution in [3.8, 4) is 0 Å². The lowest BCUT2D eigenvalue weighted by Gasteiger charge is -2.14. The first-order chi connectivity index (χ1) is 11.6. The van der Waals surface area contributed by atoms with Crippen LogP contribution in [0.15, 0.2) is 4.99 Å². The van der Waals surface area contributed by atoms with Crippen LogP contribution in [0.2, 0.25) is 0 Å². The normalized spacial score (nSPS) is 19.0. The monoisotopic (exact) mass is 351 g/mol. The standard InChI is InChI=1S/C18H33N5S/c1-5-10-23-11-8-16(13-23)12-21-18(19-6-2)20-9-7-17-22-14(3)15(4)24-17/h16H,5-13H2,1-4H3,(H2,19,20,21). The molecule has 0 bridgehead atoms. The SMILES string of the molecule is CCCN1CCC(CN=C(NCC)NCCc2nc(C)c(C)s2)C1. The summed E-state index contributed by atoms with van der Waals surface area (Å²) in [5.41, 5.74) is 1.16. The molecule has 2 N–H and O–H groups in total. The number of aromatic nitrogens is 1. The molecule has 5 nitrogen and oxygen atoms in total. The average Bonchev–Trinajstić information content (AvgIpc) is 3.12. The maximum atomic E-state index is 4.79. The number of rotatable bonds is 8. The zero-order chi connectivity index (χ0) is 17.4. The number of hydrogen-bond donors (Lipinski definition) is 2. The Hall–Kier alpha value is -1.14. The molecule has 6 heteroatoms. The van der Waals surface area contributed by atoms with E-state index in [1.54, 1.807) is 11.3 Å². The van der Waals surface area contributed by atoms with Crippen LogP contribution >= 0.6 is 11.3 Å². The first-order valence-corrected chi connectivity index (χ1v) is 10.1. The van der Waals surface area contributed by atoms with Gasteiger partial charge in [-0.05, 0) is 52.6 Å². The fourth-order valence-corrected chi connectivity index (χ4v) is 4.01. The van der Waals surface area contributed by atoms with Gasteiger partial charge in [0, 0.05) is 37.5 Å². The van der Waals surface area contributed by atoms with Crippen LogP contribution in [0.3, 0.4) is 0 Å². The summed E-state index contributed by atoms with van der Waals surface area (Å²) in [6.07, 6.45) is 3.48. The molecule has 1 aliphatic heterocycles. The molecule has 0 radical (unpaired) electrons.